The van der Waals surface area contributed by atoms with Gasteiger partial charge in [-0.2, -0.15) is 0 Å². The van der Waals surface area contributed by atoms with Gasteiger partial charge in [0.25, 0.3) is 0 Å². The quantitative estimate of drug-likeness (QED) is 0.792. The smallest absolute Gasteiger partial charge is 0.324 e. The van der Waals surface area contributed by atoms with Crippen LogP contribution < -0.4 is 5.32 Å². The third-order valence-electron chi connectivity index (χ3n) is 2.84. The molecule has 104 valence electrons. The van der Waals surface area contributed by atoms with Gasteiger partial charge < -0.3 is 5.11 Å². The molecule has 2 atom stereocenters. The third kappa shape index (κ3) is 6.20. The molecule has 3 heteroatoms. The lowest BCUT2D eigenvalue weighted by Gasteiger charge is -2.19. The average Bonchev–Trinajstić information content (AvgIpc) is 2.34. The lowest BCUT2D eigenvalue weighted by atomic mass is 10.0. The van der Waals surface area contributed by atoms with E-state index < -0.39 is 12.0 Å². The zero-order valence-electron chi connectivity index (χ0n) is 11.8. The number of carboxylic acid groups (broad SMARTS) is 1. The van der Waals surface area contributed by atoms with Crippen molar-refractivity contribution in [3.63, 3.8) is 0 Å². The first kappa shape index (κ1) is 15.4. The third-order valence-corrected chi connectivity index (χ3v) is 2.84. The van der Waals surface area contributed by atoms with E-state index in [1.54, 1.807) is 6.08 Å². The summed E-state index contributed by atoms with van der Waals surface area (Å²) in [7, 11) is 0. The molecule has 0 saturated heterocycles. The first-order chi connectivity index (χ1) is 8.99. The average molecular weight is 261 g/mol. The molecule has 0 fully saturated rings. The molecule has 1 unspecified atom stereocenters. The Balaban J connectivity index is 2.63. The Morgan fingerprint density at radius 2 is 1.89 bits per heavy atom. The minimum absolute atomic E-state index is 0.182. The van der Waals surface area contributed by atoms with Crippen molar-refractivity contribution in [2.45, 2.75) is 39.3 Å². The number of benzene rings is 1. The summed E-state index contributed by atoms with van der Waals surface area (Å²) >= 11 is 0. The standard InChI is InChI=1S/C16H23NO2/c1-12(2)11-13(3)17-15(16(18)19)10-9-14-7-5-4-6-8-14/h4-10,12-13,15,17H,11H2,1-3H3,(H,18,19)/b10-9+/t13-,15?/m1/s1. The van der Waals surface area contributed by atoms with Crippen molar-refractivity contribution in [3.05, 3.63) is 42.0 Å². The number of hydrogen-bond acceptors (Lipinski definition) is 2. The summed E-state index contributed by atoms with van der Waals surface area (Å²) in [5.74, 6) is -0.294. The molecule has 1 aromatic rings. The molecule has 0 amide bonds. The van der Waals surface area contributed by atoms with Gasteiger partial charge in [-0.3, -0.25) is 10.1 Å². The summed E-state index contributed by atoms with van der Waals surface area (Å²) in [6.07, 6.45) is 4.51. The summed E-state index contributed by atoms with van der Waals surface area (Å²) in [5, 5.41) is 12.4. The normalized spacial score (nSPS) is 14.7. The van der Waals surface area contributed by atoms with Crippen molar-refractivity contribution < 1.29 is 9.90 Å². The van der Waals surface area contributed by atoms with Crippen LogP contribution in [0.3, 0.4) is 0 Å². The Morgan fingerprint density at radius 3 is 2.42 bits per heavy atom. The number of carboxylic acids is 1. The molecule has 2 N–H and O–H groups in total. The molecule has 0 aromatic heterocycles. The van der Waals surface area contributed by atoms with Crippen LogP contribution in [0.4, 0.5) is 0 Å². The van der Waals surface area contributed by atoms with E-state index in [0.29, 0.717) is 5.92 Å². The molecule has 0 saturated carbocycles. The summed E-state index contributed by atoms with van der Waals surface area (Å²) < 4.78 is 0. The van der Waals surface area contributed by atoms with Crippen LogP contribution in [-0.2, 0) is 4.79 Å². The Labute approximate surface area is 115 Å². The minimum Gasteiger partial charge on any atom is -0.480 e. The van der Waals surface area contributed by atoms with E-state index in [1.165, 1.54) is 0 Å². The molecule has 0 aliphatic carbocycles. The minimum atomic E-state index is -0.845. The van der Waals surface area contributed by atoms with Crippen LogP contribution in [-0.4, -0.2) is 23.2 Å². The summed E-state index contributed by atoms with van der Waals surface area (Å²) in [6, 6.07) is 9.25. The maximum absolute atomic E-state index is 11.2. The van der Waals surface area contributed by atoms with E-state index in [2.05, 4.69) is 19.2 Å². The van der Waals surface area contributed by atoms with Crippen LogP contribution in [0.1, 0.15) is 32.8 Å². The molecular formula is C16H23NO2. The van der Waals surface area contributed by atoms with Crippen LogP contribution in [0.15, 0.2) is 36.4 Å². The second-order valence-electron chi connectivity index (χ2n) is 5.28. The fourth-order valence-corrected chi connectivity index (χ4v) is 2.06. The van der Waals surface area contributed by atoms with Gasteiger partial charge in [0.1, 0.15) is 6.04 Å². The monoisotopic (exact) mass is 261 g/mol. The largest absolute Gasteiger partial charge is 0.480 e. The molecule has 1 rings (SSSR count). The van der Waals surface area contributed by atoms with Gasteiger partial charge in [-0.25, -0.2) is 0 Å². The Morgan fingerprint density at radius 1 is 1.26 bits per heavy atom. The van der Waals surface area contributed by atoms with Crippen LogP contribution in [0.2, 0.25) is 0 Å². The lowest BCUT2D eigenvalue weighted by Crippen LogP contribution is -2.41. The highest BCUT2D eigenvalue weighted by atomic mass is 16.4. The first-order valence-electron chi connectivity index (χ1n) is 6.71. The van der Waals surface area contributed by atoms with Crippen molar-refractivity contribution in [3.8, 4) is 0 Å². The van der Waals surface area contributed by atoms with Gasteiger partial charge in [-0.1, -0.05) is 56.3 Å². The van der Waals surface area contributed by atoms with E-state index in [-0.39, 0.29) is 6.04 Å². The van der Waals surface area contributed by atoms with E-state index >= 15 is 0 Å². The zero-order chi connectivity index (χ0) is 14.3. The maximum atomic E-state index is 11.2. The van der Waals surface area contributed by atoms with Crippen molar-refractivity contribution in [1.29, 1.82) is 0 Å². The second kappa shape index (κ2) is 7.74. The molecule has 0 bridgehead atoms. The lowest BCUT2D eigenvalue weighted by molar-refractivity contribution is -0.138. The highest BCUT2D eigenvalue weighted by Gasteiger charge is 2.16. The van der Waals surface area contributed by atoms with Crippen molar-refractivity contribution >= 4 is 12.0 Å². The van der Waals surface area contributed by atoms with E-state index in [9.17, 15) is 9.90 Å². The van der Waals surface area contributed by atoms with Gasteiger partial charge in [0, 0.05) is 6.04 Å². The summed E-state index contributed by atoms with van der Waals surface area (Å²) in [5.41, 5.74) is 1.01. The molecule has 0 aliphatic heterocycles. The Bertz CT molecular complexity index is 412. The number of nitrogens with one attached hydrogen (secondary N) is 1. The van der Waals surface area contributed by atoms with Gasteiger partial charge in [-0.15, -0.1) is 0 Å². The topological polar surface area (TPSA) is 49.3 Å². The SMILES string of the molecule is CC(C)C[C@@H](C)NC(/C=C/c1ccccc1)C(=O)O. The number of carbonyl (C=O) groups is 1. The van der Waals surface area contributed by atoms with E-state index in [1.807, 2.05) is 43.3 Å². The van der Waals surface area contributed by atoms with Gasteiger partial charge in [0.15, 0.2) is 0 Å². The second-order valence-corrected chi connectivity index (χ2v) is 5.28. The number of hydrogen-bond donors (Lipinski definition) is 2. The summed E-state index contributed by atoms with van der Waals surface area (Å²) in [6.45, 7) is 6.29. The van der Waals surface area contributed by atoms with Crippen molar-refractivity contribution in [1.82, 2.24) is 5.32 Å². The van der Waals surface area contributed by atoms with Crippen LogP contribution in [0, 0.1) is 5.92 Å². The molecule has 0 spiro atoms. The van der Waals surface area contributed by atoms with Crippen molar-refractivity contribution in [2.75, 3.05) is 0 Å². The van der Waals surface area contributed by atoms with Crippen LogP contribution in [0.5, 0.6) is 0 Å². The van der Waals surface area contributed by atoms with Crippen LogP contribution >= 0.6 is 0 Å². The van der Waals surface area contributed by atoms with Gasteiger partial charge in [0.05, 0.1) is 0 Å². The van der Waals surface area contributed by atoms with Gasteiger partial charge in [-0.05, 0) is 24.8 Å². The van der Waals surface area contributed by atoms with Gasteiger partial charge in [0.2, 0.25) is 0 Å². The summed E-state index contributed by atoms with van der Waals surface area (Å²) in [4.78, 5) is 11.2. The highest BCUT2D eigenvalue weighted by molar-refractivity contribution is 5.77. The first-order valence-corrected chi connectivity index (χ1v) is 6.71. The predicted molar refractivity (Wildman–Crippen MR) is 79.0 cm³/mol. The van der Waals surface area contributed by atoms with Gasteiger partial charge >= 0.3 is 5.97 Å². The van der Waals surface area contributed by atoms with E-state index in [4.69, 9.17) is 0 Å². The fraction of sp³-hybridized carbons (Fsp3) is 0.438. The predicted octanol–water partition coefficient (Wildman–Crippen LogP) is 3.18. The van der Waals surface area contributed by atoms with Crippen molar-refractivity contribution in [2.24, 2.45) is 5.92 Å². The molecule has 0 radical (unpaired) electrons. The molecule has 3 nitrogen and oxygen atoms in total. The van der Waals surface area contributed by atoms with E-state index in [0.717, 1.165) is 12.0 Å². The molecule has 1 aromatic carbocycles. The molecule has 19 heavy (non-hydrogen) atoms. The zero-order valence-corrected chi connectivity index (χ0v) is 11.8. The number of rotatable bonds is 7. The molecule has 0 heterocycles. The Kier molecular flexibility index (Phi) is 6.30. The number of aliphatic carboxylic acids is 1. The fourth-order valence-electron chi connectivity index (χ4n) is 2.06. The highest BCUT2D eigenvalue weighted by Crippen LogP contribution is 2.07. The molecule has 0 aliphatic rings. The van der Waals surface area contributed by atoms with Crippen LogP contribution in [0.25, 0.3) is 6.08 Å². The Hall–Kier alpha value is -1.61. The maximum Gasteiger partial charge on any atom is 0.324 e. The molecular weight excluding hydrogens is 238 g/mol.